The minimum absolute atomic E-state index is 0.0387. The maximum atomic E-state index is 13.8. The second-order valence-electron chi connectivity index (χ2n) is 6.65. The standard InChI is InChI=1S/C17H21F2N3O3/c18-10-1-2-13(14(19)7-10)17(25)21-5-3-11(4-6-21)22-9-12(23)8-15(22)16(20)24/h1-2,7,11-12,15,23H,3-6,8-9H2,(H2,20,24)/t12-,15+/m1/s1. The van der Waals surface area contributed by atoms with Gasteiger partial charge in [0.15, 0.2) is 0 Å². The summed E-state index contributed by atoms with van der Waals surface area (Å²) in [4.78, 5) is 27.4. The molecule has 6 nitrogen and oxygen atoms in total. The van der Waals surface area contributed by atoms with Gasteiger partial charge in [-0.25, -0.2) is 8.78 Å². The summed E-state index contributed by atoms with van der Waals surface area (Å²) in [5.41, 5.74) is 5.26. The van der Waals surface area contributed by atoms with Crippen LogP contribution in [0.2, 0.25) is 0 Å². The molecule has 2 atom stereocenters. The molecule has 0 saturated carbocycles. The average Bonchev–Trinajstić information content (AvgIpc) is 2.97. The lowest BCUT2D eigenvalue weighted by atomic mass is 10.0. The van der Waals surface area contributed by atoms with E-state index in [-0.39, 0.29) is 11.6 Å². The van der Waals surface area contributed by atoms with Crippen LogP contribution in [0.4, 0.5) is 8.78 Å². The van der Waals surface area contributed by atoms with Crippen molar-refractivity contribution in [2.75, 3.05) is 19.6 Å². The predicted octanol–water partition coefficient (Wildman–Crippen LogP) is 0.490. The van der Waals surface area contributed by atoms with E-state index in [0.717, 1.165) is 12.1 Å². The van der Waals surface area contributed by atoms with E-state index in [9.17, 15) is 23.5 Å². The van der Waals surface area contributed by atoms with Crippen LogP contribution in [-0.4, -0.2) is 64.5 Å². The van der Waals surface area contributed by atoms with Crippen LogP contribution in [0.25, 0.3) is 0 Å². The molecule has 0 aromatic heterocycles. The first-order valence-corrected chi connectivity index (χ1v) is 8.34. The van der Waals surface area contributed by atoms with Crippen LogP contribution in [0.5, 0.6) is 0 Å². The maximum Gasteiger partial charge on any atom is 0.256 e. The van der Waals surface area contributed by atoms with Crippen LogP contribution in [0.1, 0.15) is 29.6 Å². The van der Waals surface area contributed by atoms with Gasteiger partial charge in [0.05, 0.1) is 17.7 Å². The number of nitrogens with zero attached hydrogens (tertiary/aromatic N) is 2. The second-order valence-corrected chi connectivity index (χ2v) is 6.65. The first-order valence-electron chi connectivity index (χ1n) is 8.34. The zero-order chi connectivity index (χ0) is 18.1. The number of rotatable bonds is 3. The van der Waals surface area contributed by atoms with Crippen molar-refractivity contribution in [2.45, 2.75) is 37.5 Å². The van der Waals surface area contributed by atoms with Gasteiger partial charge in [0, 0.05) is 31.7 Å². The van der Waals surface area contributed by atoms with Gasteiger partial charge in [-0.2, -0.15) is 0 Å². The fourth-order valence-corrected chi connectivity index (χ4v) is 3.76. The van der Waals surface area contributed by atoms with Gasteiger partial charge >= 0.3 is 0 Å². The van der Waals surface area contributed by atoms with Crippen molar-refractivity contribution in [2.24, 2.45) is 5.73 Å². The molecule has 136 valence electrons. The van der Waals surface area contributed by atoms with E-state index in [1.54, 1.807) is 0 Å². The number of amides is 2. The van der Waals surface area contributed by atoms with Crippen molar-refractivity contribution in [3.63, 3.8) is 0 Å². The quantitative estimate of drug-likeness (QED) is 0.828. The van der Waals surface area contributed by atoms with Gasteiger partial charge in [0.25, 0.3) is 5.91 Å². The molecule has 2 heterocycles. The summed E-state index contributed by atoms with van der Waals surface area (Å²) in [6, 6.07) is 2.46. The number of nitrogens with two attached hydrogens (primary N) is 1. The number of likely N-dealkylation sites (tertiary alicyclic amines) is 2. The molecular weight excluding hydrogens is 332 g/mol. The molecule has 1 aromatic carbocycles. The van der Waals surface area contributed by atoms with Crippen molar-refractivity contribution in [1.82, 2.24) is 9.80 Å². The molecule has 2 fully saturated rings. The lowest BCUT2D eigenvalue weighted by molar-refractivity contribution is -0.123. The summed E-state index contributed by atoms with van der Waals surface area (Å²) in [7, 11) is 0. The number of hydrogen-bond donors (Lipinski definition) is 2. The first-order chi connectivity index (χ1) is 11.9. The minimum Gasteiger partial charge on any atom is -0.392 e. The lowest BCUT2D eigenvalue weighted by Gasteiger charge is -2.38. The third-order valence-electron chi connectivity index (χ3n) is 5.03. The van der Waals surface area contributed by atoms with Crippen LogP contribution >= 0.6 is 0 Å². The Balaban J connectivity index is 1.63. The topological polar surface area (TPSA) is 86.9 Å². The molecule has 3 rings (SSSR count). The Bertz CT molecular complexity index is 677. The van der Waals surface area contributed by atoms with Crippen molar-refractivity contribution in [3.8, 4) is 0 Å². The van der Waals surface area contributed by atoms with E-state index in [1.165, 1.54) is 4.90 Å². The Labute approximate surface area is 144 Å². The van der Waals surface area contributed by atoms with Gasteiger partial charge in [0.2, 0.25) is 5.91 Å². The Morgan fingerprint density at radius 2 is 1.88 bits per heavy atom. The minimum atomic E-state index is -0.872. The predicted molar refractivity (Wildman–Crippen MR) is 85.6 cm³/mol. The molecule has 0 radical (unpaired) electrons. The molecule has 2 amide bonds. The molecule has 3 N–H and O–H groups in total. The SMILES string of the molecule is NC(=O)[C@@H]1C[C@@H](O)CN1C1CCN(C(=O)c2ccc(F)cc2F)CC1. The van der Waals surface area contributed by atoms with Crippen molar-refractivity contribution < 1.29 is 23.5 Å². The van der Waals surface area contributed by atoms with Crippen LogP contribution in [0.15, 0.2) is 18.2 Å². The smallest absolute Gasteiger partial charge is 0.256 e. The van der Waals surface area contributed by atoms with Crippen LogP contribution < -0.4 is 5.73 Å². The normalized spacial score (nSPS) is 25.3. The van der Waals surface area contributed by atoms with E-state index in [0.29, 0.717) is 45.0 Å². The van der Waals surface area contributed by atoms with E-state index < -0.39 is 35.6 Å². The number of carbonyl (C=O) groups is 2. The number of aliphatic hydroxyl groups excluding tert-OH is 1. The summed E-state index contributed by atoms with van der Waals surface area (Å²) in [5, 5.41) is 9.81. The number of aliphatic hydroxyl groups is 1. The maximum absolute atomic E-state index is 13.8. The number of halogens is 2. The number of benzene rings is 1. The number of carbonyl (C=O) groups excluding carboxylic acids is 2. The summed E-state index contributed by atoms with van der Waals surface area (Å²) in [5.74, 6) is -2.52. The summed E-state index contributed by atoms with van der Waals surface area (Å²) in [6.45, 7) is 1.19. The van der Waals surface area contributed by atoms with Crippen molar-refractivity contribution in [3.05, 3.63) is 35.4 Å². The molecule has 8 heteroatoms. The summed E-state index contributed by atoms with van der Waals surface area (Å²) >= 11 is 0. The fraction of sp³-hybridized carbons (Fsp3) is 0.529. The van der Waals surface area contributed by atoms with Crippen LogP contribution in [-0.2, 0) is 4.79 Å². The molecule has 25 heavy (non-hydrogen) atoms. The largest absolute Gasteiger partial charge is 0.392 e. The number of β-amino-alcohol motifs (C(OH)–C–C–N with tert-alkyl or cyclic N) is 1. The Morgan fingerprint density at radius 1 is 1.20 bits per heavy atom. The monoisotopic (exact) mass is 353 g/mol. The summed E-state index contributed by atoms with van der Waals surface area (Å²) < 4.78 is 26.8. The first kappa shape index (κ1) is 17.8. The second kappa shape index (κ2) is 7.05. The Kier molecular flexibility index (Phi) is 5.01. The van der Waals surface area contributed by atoms with Gasteiger partial charge in [-0.3, -0.25) is 14.5 Å². The molecular formula is C17H21F2N3O3. The highest BCUT2D eigenvalue weighted by atomic mass is 19.1. The molecule has 2 saturated heterocycles. The molecule has 1 aromatic rings. The zero-order valence-corrected chi connectivity index (χ0v) is 13.7. The molecule has 0 bridgehead atoms. The van der Waals surface area contributed by atoms with E-state index in [2.05, 4.69) is 0 Å². The Morgan fingerprint density at radius 3 is 2.48 bits per heavy atom. The van der Waals surface area contributed by atoms with Gasteiger partial charge in [-0.1, -0.05) is 0 Å². The van der Waals surface area contributed by atoms with Gasteiger partial charge in [-0.05, 0) is 31.4 Å². The van der Waals surface area contributed by atoms with Crippen molar-refractivity contribution in [1.29, 1.82) is 0 Å². The zero-order valence-electron chi connectivity index (χ0n) is 13.7. The van der Waals surface area contributed by atoms with E-state index in [4.69, 9.17) is 5.73 Å². The number of hydrogen-bond acceptors (Lipinski definition) is 4. The number of piperidine rings is 1. The molecule has 0 unspecified atom stereocenters. The molecule has 0 spiro atoms. The lowest BCUT2D eigenvalue weighted by Crippen LogP contribution is -2.51. The third kappa shape index (κ3) is 3.64. The number of primary amides is 1. The van der Waals surface area contributed by atoms with Crippen molar-refractivity contribution >= 4 is 11.8 Å². The highest BCUT2D eigenvalue weighted by Gasteiger charge is 2.40. The molecule has 2 aliphatic rings. The van der Waals surface area contributed by atoms with Gasteiger partial charge in [0.1, 0.15) is 11.6 Å². The highest BCUT2D eigenvalue weighted by Crippen LogP contribution is 2.27. The molecule has 0 aliphatic carbocycles. The van der Waals surface area contributed by atoms with Crippen LogP contribution in [0.3, 0.4) is 0 Å². The average molecular weight is 353 g/mol. The third-order valence-corrected chi connectivity index (χ3v) is 5.03. The highest BCUT2D eigenvalue weighted by molar-refractivity contribution is 5.94. The van der Waals surface area contributed by atoms with E-state index in [1.807, 2.05) is 4.90 Å². The molecule has 2 aliphatic heterocycles. The van der Waals surface area contributed by atoms with E-state index >= 15 is 0 Å². The summed E-state index contributed by atoms with van der Waals surface area (Å²) in [6.07, 6.45) is 0.955. The van der Waals surface area contributed by atoms with Crippen LogP contribution in [0, 0.1) is 11.6 Å². The van der Waals surface area contributed by atoms with Gasteiger partial charge in [-0.15, -0.1) is 0 Å². The van der Waals surface area contributed by atoms with Gasteiger partial charge < -0.3 is 15.7 Å². The Hall–Kier alpha value is -2.06. The fourth-order valence-electron chi connectivity index (χ4n) is 3.76.